The van der Waals surface area contributed by atoms with E-state index in [1.807, 2.05) is 24.3 Å². The smallest absolute Gasteiger partial charge is 0.253 e. The Balaban J connectivity index is 1.73. The van der Waals surface area contributed by atoms with Crippen molar-refractivity contribution in [2.45, 2.75) is 25.3 Å². The van der Waals surface area contributed by atoms with Gasteiger partial charge in [0.1, 0.15) is 12.6 Å². The molecule has 1 aromatic carbocycles. The molecule has 0 aromatic heterocycles. The number of rotatable bonds is 5. The van der Waals surface area contributed by atoms with Gasteiger partial charge in [0.2, 0.25) is 5.91 Å². The lowest BCUT2D eigenvalue weighted by Crippen LogP contribution is -2.47. The van der Waals surface area contributed by atoms with Crippen LogP contribution in [0.5, 0.6) is 0 Å². The van der Waals surface area contributed by atoms with Crippen molar-refractivity contribution in [3.8, 4) is 0 Å². The van der Waals surface area contributed by atoms with E-state index in [0.29, 0.717) is 18.9 Å². The van der Waals surface area contributed by atoms with Crippen LogP contribution in [0.1, 0.15) is 18.4 Å². The Hall–Kier alpha value is -1.88. The second-order valence-electron chi connectivity index (χ2n) is 5.47. The fourth-order valence-corrected chi connectivity index (χ4v) is 2.59. The number of fused-ring (bicyclic) bond motifs is 1. The maximum absolute atomic E-state index is 12.3. The zero-order valence-electron chi connectivity index (χ0n) is 11.2. The Kier molecular flexibility index (Phi) is 3.44. The predicted molar refractivity (Wildman–Crippen MR) is 74.2 cm³/mol. The van der Waals surface area contributed by atoms with Crippen LogP contribution in [0.25, 0.3) is 0 Å². The number of ether oxygens (including phenoxy) is 1. The molecule has 3 rings (SSSR count). The zero-order chi connectivity index (χ0) is 14.1. The number of hydrogen-bond acceptors (Lipinski definition) is 3. The molecule has 1 aromatic rings. The van der Waals surface area contributed by atoms with E-state index in [0.717, 1.165) is 11.3 Å². The van der Waals surface area contributed by atoms with Gasteiger partial charge in [0.15, 0.2) is 0 Å². The van der Waals surface area contributed by atoms with Gasteiger partial charge < -0.3 is 10.5 Å². The lowest BCUT2D eigenvalue weighted by Gasteiger charge is -2.23. The second-order valence-corrected chi connectivity index (χ2v) is 5.47. The summed E-state index contributed by atoms with van der Waals surface area (Å²) in [5.74, 6) is -0.0586. The van der Waals surface area contributed by atoms with Gasteiger partial charge in [0, 0.05) is 12.1 Å². The molecule has 5 nitrogen and oxygen atoms in total. The summed E-state index contributed by atoms with van der Waals surface area (Å²) in [5.41, 5.74) is 7.17. The lowest BCUT2D eigenvalue weighted by molar-refractivity contribution is -0.127. The first-order chi connectivity index (χ1) is 9.66. The van der Waals surface area contributed by atoms with E-state index in [1.165, 1.54) is 17.7 Å². The minimum Gasteiger partial charge on any atom is -0.371 e. The van der Waals surface area contributed by atoms with Crippen LogP contribution in [0.4, 0.5) is 5.69 Å². The highest BCUT2D eigenvalue weighted by Gasteiger charge is 2.37. The molecule has 0 radical (unpaired) electrons. The fourth-order valence-electron chi connectivity index (χ4n) is 2.59. The highest BCUT2D eigenvalue weighted by atomic mass is 16.5. The van der Waals surface area contributed by atoms with E-state index in [1.54, 1.807) is 0 Å². The summed E-state index contributed by atoms with van der Waals surface area (Å²) >= 11 is 0. The van der Waals surface area contributed by atoms with Crippen molar-refractivity contribution >= 4 is 17.5 Å². The first-order valence-corrected chi connectivity index (χ1v) is 6.94. The number of benzene rings is 1. The van der Waals surface area contributed by atoms with E-state index in [-0.39, 0.29) is 12.5 Å². The van der Waals surface area contributed by atoms with E-state index in [2.05, 4.69) is 0 Å². The van der Waals surface area contributed by atoms with Crippen molar-refractivity contribution in [2.75, 3.05) is 18.1 Å². The molecule has 5 heteroatoms. The highest BCUT2D eigenvalue weighted by molar-refractivity contribution is 6.03. The van der Waals surface area contributed by atoms with Crippen molar-refractivity contribution < 1.29 is 14.3 Å². The Morgan fingerprint density at radius 3 is 2.75 bits per heavy atom. The lowest BCUT2D eigenvalue weighted by atomic mass is 10.1. The van der Waals surface area contributed by atoms with E-state index in [9.17, 15) is 9.59 Å². The zero-order valence-corrected chi connectivity index (χ0v) is 11.2. The van der Waals surface area contributed by atoms with Crippen molar-refractivity contribution in [3.63, 3.8) is 0 Å². The van der Waals surface area contributed by atoms with Crippen molar-refractivity contribution in [2.24, 2.45) is 11.7 Å². The number of primary amides is 1. The average Bonchev–Trinajstić information content (AvgIpc) is 3.16. The Morgan fingerprint density at radius 2 is 2.05 bits per heavy atom. The van der Waals surface area contributed by atoms with Crippen LogP contribution in [0.15, 0.2) is 24.3 Å². The average molecular weight is 274 g/mol. The molecule has 1 saturated carbocycles. The van der Waals surface area contributed by atoms with Crippen molar-refractivity contribution in [3.05, 3.63) is 29.8 Å². The molecular weight excluding hydrogens is 256 g/mol. The number of hydrogen-bond donors (Lipinski definition) is 1. The Bertz CT molecular complexity index is 540. The molecule has 0 saturated heterocycles. The number of para-hydroxylation sites is 1. The molecule has 0 spiro atoms. The van der Waals surface area contributed by atoms with Crippen LogP contribution in [0, 0.1) is 5.92 Å². The topological polar surface area (TPSA) is 72.6 Å². The SMILES string of the molecule is NC(=O)[C@@H]1Cc2ccccc2N1C(=O)COCC1CC1. The third-order valence-electron chi connectivity index (χ3n) is 3.85. The quantitative estimate of drug-likeness (QED) is 0.865. The summed E-state index contributed by atoms with van der Waals surface area (Å²) < 4.78 is 5.43. The molecule has 20 heavy (non-hydrogen) atoms. The van der Waals surface area contributed by atoms with Crippen LogP contribution < -0.4 is 10.6 Å². The summed E-state index contributed by atoms with van der Waals surface area (Å²) in [6.07, 6.45) is 2.86. The number of carbonyl (C=O) groups is 2. The molecule has 0 bridgehead atoms. The molecule has 106 valence electrons. The predicted octanol–water partition coefficient (Wildman–Crippen LogP) is 0.856. The first kappa shape index (κ1) is 13.1. The Morgan fingerprint density at radius 1 is 1.30 bits per heavy atom. The summed E-state index contributed by atoms with van der Waals surface area (Å²) in [6.45, 7) is 0.636. The molecule has 1 atom stereocenters. The molecule has 2 amide bonds. The Labute approximate surface area is 117 Å². The minimum absolute atomic E-state index is 0.00855. The third kappa shape index (κ3) is 2.54. The minimum atomic E-state index is -0.593. The largest absolute Gasteiger partial charge is 0.371 e. The molecule has 1 heterocycles. The normalized spacial score (nSPS) is 20.8. The number of nitrogens with zero attached hydrogens (tertiary/aromatic N) is 1. The van der Waals surface area contributed by atoms with Crippen LogP contribution in [0.3, 0.4) is 0 Å². The second kappa shape index (κ2) is 5.25. The standard InChI is InChI=1S/C15H18N2O3/c16-15(19)13-7-11-3-1-2-4-12(11)17(13)14(18)9-20-8-10-5-6-10/h1-4,10,13H,5-9H2,(H2,16,19)/t13-/m0/s1. The number of carbonyl (C=O) groups excluding carboxylic acids is 2. The van der Waals surface area contributed by atoms with Gasteiger partial charge in [-0.3, -0.25) is 14.5 Å². The van der Waals surface area contributed by atoms with Crippen LogP contribution >= 0.6 is 0 Å². The van der Waals surface area contributed by atoms with Crippen molar-refractivity contribution in [1.82, 2.24) is 0 Å². The van der Waals surface area contributed by atoms with Crippen LogP contribution in [-0.4, -0.2) is 31.1 Å². The molecule has 1 aliphatic carbocycles. The number of nitrogens with two attached hydrogens (primary N) is 1. The molecule has 1 aliphatic heterocycles. The van der Waals surface area contributed by atoms with E-state index >= 15 is 0 Å². The van der Waals surface area contributed by atoms with Crippen molar-refractivity contribution in [1.29, 1.82) is 0 Å². The summed E-state index contributed by atoms with van der Waals surface area (Å²) in [6, 6.07) is 6.92. The van der Waals surface area contributed by atoms with E-state index < -0.39 is 11.9 Å². The van der Waals surface area contributed by atoms with Crippen LogP contribution in [-0.2, 0) is 20.7 Å². The molecule has 2 N–H and O–H groups in total. The first-order valence-electron chi connectivity index (χ1n) is 6.94. The third-order valence-corrected chi connectivity index (χ3v) is 3.85. The van der Waals surface area contributed by atoms with Gasteiger partial charge in [0.05, 0.1) is 6.61 Å². The summed E-state index contributed by atoms with van der Waals surface area (Å²) in [4.78, 5) is 25.4. The maximum Gasteiger partial charge on any atom is 0.253 e. The fraction of sp³-hybridized carbons (Fsp3) is 0.467. The maximum atomic E-state index is 12.3. The summed E-state index contributed by atoms with van der Waals surface area (Å²) in [7, 11) is 0. The molecule has 0 unspecified atom stereocenters. The van der Waals surface area contributed by atoms with Gasteiger partial charge in [-0.05, 0) is 30.4 Å². The van der Waals surface area contributed by atoms with Gasteiger partial charge in [-0.1, -0.05) is 18.2 Å². The van der Waals surface area contributed by atoms with Gasteiger partial charge in [-0.25, -0.2) is 0 Å². The number of amides is 2. The molecular formula is C15H18N2O3. The van der Waals surface area contributed by atoms with Gasteiger partial charge >= 0.3 is 0 Å². The van der Waals surface area contributed by atoms with E-state index in [4.69, 9.17) is 10.5 Å². The van der Waals surface area contributed by atoms with Gasteiger partial charge in [0.25, 0.3) is 5.91 Å². The van der Waals surface area contributed by atoms with Gasteiger partial charge in [-0.2, -0.15) is 0 Å². The highest BCUT2D eigenvalue weighted by Crippen LogP contribution is 2.32. The number of anilines is 1. The van der Waals surface area contributed by atoms with Crippen LogP contribution in [0.2, 0.25) is 0 Å². The molecule has 2 aliphatic rings. The molecule has 1 fully saturated rings. The van der Waals surface area contributed by atoms with Gasteiger partial charge in [-0.15, -0.1) is 0 Å². The summed E-state index contributed by atoms with van der Waals surface area (Å²) in [5, 5.41) is 0. The monoisotopic (exact) mass is 274 g/mol.